The average Bonchev–Trinajstić information content (AvgIpc) is 3.30. The van der Waals surface area contributed by atoms with Crippen LogP contribution in [0.25, 0.3) is 10.1 Å². The molecule has 2 heterocycles. The molecule has 33 heavy (non-hydrogen) atoms. The van der Waals surface area contributed by atoms with Crippen LogP contribution in [0.4, 0.5) is 11.4 Å². The van der Waals surface area contributed by atoms with Gasteiger partial charge >= 0.3 is 0 Å². The van der Waals surface area contributed by atoms with Crippen molar-refractivity contribution in [2.75, 3.05) is 22.8 Å². The average molecular weight is 480 g/mol. The first-order valence-electron chi connectivity index (χ1n) is 10.5. The van der Waals surface area contributed by atoms with Crippen molar-refractivity contribution in [2.45, 2.75) is 17.7 Å². The first-order valence-corrected chi connectivity index (χ1v) is 12.7. The number of benzene rings is 3. The molecule has 7 nitrogen and oxygen atoms in total. The summed E-state index contributed by atoms with van der Waals surface area (Å²) < 4.78 is 38.6. The number of nitrogens with zero attached hydrogens (tertiary/aromatic N) is 2. The van der Waals surface area contributed by atoms with Crippen molar-refractivity contribution in [3.63, 3.8) is 0 Å². The second-order valence-corrected chi connectivity index (χ2v) is 10.4. The molecule has 0 saturated heterocycles. The molecule has 0 saturated carbocycles. The highest BCUT2D eigenvalue weighted by Gasteiger charge is 2.28. The zero-order valence-corrected chi connectivity index (χ0v) is 19.2. The van der Waals surface area contributed by atoms with Gasteiger partial charge in [-0.2, -0.15) is 4.37 Å². The number of hydrogen-bond acceptors (Lipinski definition) is 6. The van der Waals surface area contributed by atoms with Crippen LogP contribution in [-0.4, -0.2) is 31.9 Å². The highest BCUT2D eigenvalue weighted by atomic mass is 32.2. The first-order chi connectivity index (χ1) is 16.0. The van der Waals surface area contributed by atoms with Crippen LogP contribution >= 0.6 is 11.5 Å². The number of para-hydroxylation sites is 1. The lowest BCUT2D eigenvalue weighted by Gasteiger charge is -2.30. The van der Waals surface area contributed by atoms with Crippen LogP contribution in [0, 0.1) is 0 Å². The van der Waals surface area contributed by atoms with E-state index in [1.165, 1.54) is 28.0 Å². The lowest BCUT2D eigenvalue weighted by Crippen LogP contribution is -2.35. The second-order valence-electron chi connectivity index (χ2n) is 7.70. The van der Waals surface area contributed by atoms with Gasteiger partial charge in [-0.15, -0.1) is 0 Å². The van der Waals surface area contributed by atoms with E-state index in [1.807, 2.05) is 42.5 Å². The molecule has 1 N–H and O–H groups in total. The summed E-state index contributed by atoms with van der Waals surface area (Å²) in [6.45, 7) is 0.260. The normalized spacial score (nSPS) is 13.5. The summed E-state index contributed by atoms with van der Waals surface area (Å²) in [5.74, 6) is 0.111. The van der Waals surface area contributed by atoms with Crippen molar-refractivity contribution in [1.29, 1.82) is 0 Å². The Morgan fingerprint density at radius 2 is 1.91 bits per heavy atom. The number of hydrogen-bond donors (Lipinski definition) is 1. The number of amides is 1. The van der Waals surface area contributed by atoms with Gasteiger partial charge in [0.25, 0.3) is 15.9 Å². The SMILES string of the molecule is O=C(COc1ccc(S(=O)(=O)N2CCCc3ccccc32)cc1)Nc1ccc2sncc2c1. The number of aryl methyl sites for hydroxylation is 1. The van der Waals surface area contributed by atoms with Gasteiger partial charge in [-0.1, -0.05) is 18.2 Å². The minimum absolute atomic E-state index is 0.189. The third-order valence-electron chi connectivity index (χ3n) is 5.49. The Balaban J connectivity index is 1.23. The number of rotatable bonds is 6. The maximum atomic E-state index is 13.2. The summed E-state index contributed by atoms with van der Waals surface area (Å²) in [6.07, 6.45) is 3.40. The molecule has 1 amide bonds. The molecule has 3 aromatic carbocycles. The zero-order chi connectivity index (χ0) is 22.8. The van der Waals surface area contributed by atoms with Gasteiger partial charge in [-0.25, -0.2) is 8.42 Å². The Morgan fingerprint density at radius 1 is 1.09 bits per heavy atom. The van der Waals surface area contributed by atoms with E-state index < -0.39 is 10.0 Å². The van der Waals surface area contributed by atoms with E-state index in [1.54, 1.807) is 18.3 Å². The lowest BCUT2D eigenvalue weighted by atomic mass is 10.0. The number of fused-ring (bicyclic) bond motifs is 2. The molecule has 0 bridgehead atoms. The second kappa shape index (κ2) is 8.84. The summed E-state index contributed by atoms with van der Waals surface area (Å²) in [7, 11) is -3.68. The number of ether oxygens (including phenoxy) is 1. The lowest BCUT2D eigenvalue weighted by molar-refractivity contribution is -0.118. The molecular weight excluding hydrogens is 458 g/mol. The van der Waals surface area contributed by atoms with Crippen LogP contribution in [0.15, 0.2) is 77.8 Å². The Hall–Kier alpha value is -3.43. The van der Waals surface area contributed by atoms with Crippen molar-refractivity contribution < 1.29 is 17.9 Å². The Labute approximate surface area is 195 Å². The van der Waals surface area contributed by atoms with Crippen LogP contribution in [0.2, 0.25) is 0 Å². The van der Waals surface area contributed by atoms with Crippen molar-refractivity contribution in [2.24, 2.45) is 0 Å². The molecule has 0 aliphatic carbocycles. The fraction of sp³-hybridized carbons (Fsp3) is 0.167. The maximum absolute atomic E-state index is 13.2. The summed E-state index contributed by atoms with van der Waals surface area (Å²) in [4.78, 5) is 12.4. The molecule has 1 aliphatic rings. The number of aromatic nitrogens is 1. The standard InChI is InChI=1S/C24H21N3O4S2/c28-24(26-19-7-12-23-18(14-19)15-25-32-23)16-31-20-8-10-21(11-9-20)33(29,30)27-13-3-5-17-4-1-2-6-22(17)27/h1-2,4,6-12,14-15H,3,5,13,16H2,(H,26,28). The molecule has 1 aliphatic heterocycles. The third-order valence-corrected chi connectivity index (χ3v) is 8.09. The van der Waals surface area contributed by atoms with Gasteiger partial charge in [0, 0.05) is 23.8 Å². The van der Waals surface area contributed by atoms with E-state index in [0.29, 0.717) is 18.0 Å². The Morgan fingerprint density at radius 3 is 2.76 bits per heavy atom. The molecule has 0 radical (unpaired) electrons. The topological polar surface area (TPSA) is 88.6 Å². The van der Waals surface area contributed by atoms with Crippen LogP contribution in [0.5, 0.6) is 5.75 Å². The zero-order valence-electron chi connectivity index (χ0n) is 17.6. The molecule has 1 aromatic heterocycles. The van der Waals surface area contributed by atoms with Crippen molar-refractivity contribution in [3.8, 4) is 5.75 Å². The first kappa shape index (κ1) is 21.4. The van der Waals surface area contributed by atoms with E-state index in [4.69, 9.17) is 4.74 Å². The van der Waals surface area contributed by atoms with Crippen molar-refractivity contribution >= 4 is 48.9 Å². The fourth-order valence-corrected chi connectivity index (χ4v) is 6.05. The van der Waals surface area contributed by atoms with E-state index in [2.05, 4.69) is 9.69 Å². The van der Waals surface area contributed by atoms with E-state index in [-0.39, 0.29) is 17.4 Å². The monoisotopic (exact) mass is 479 g/mol. The van der Waals surface area contributed by atoms with E-state index in [9.17, 15) is 13.2 Å². The smallest absolute Gasteiger partial charge is 0.264 e. The molecule has 0 unspecified atom stereocenters. The molecule has 0 spiro atoms. The van der Waals surface area contributed by atoms with Gasteiger partial charge in [0.2, 0.25) is 0 Å². The number of carbonyl (C=O) groups excluding carboxylic acids is 1. The Bertz CT molecular complexity index is 1420. The molecule has 5 rings (SSSR count). The minimum Gasteiger partial charge on any atom is -0.484 e. The number of carbonyl (C=O) groups is 1. The van der Waals surface area contributed by atoms with Gasteiger partial charge in [0.05, 0.1) is 15.3 Å². The van der Waals surface area contributed by atoms with Crippen LogP contribution in [-0.2, 0) is 21.2 Å². The van der Waals surface area contributed by atoms with Crippen LogP contribution in [0.1, 0.15) is 12.0 Å². The molecule has 168 valence electrons. The predicted octanol–water partition coefficient (Wildman–Crippen LogP) is 4.46. The highest BCUT2D eigenvalue weighted by Crippen LogP contribution is 2.32. The summed E-state index contributed by atoms with van der Waals surface area (Å²) >= 11 is 1.40. The largest absolute Gasteiger partial charge is 0.484 e. The van der Waals surface area contributed by atoms with Gasteiger partial charge < -0.3 is 10.1 Å². The molecule has 0 fully saturated rings. The van der Waals surface area contributed by atoms with Crippen LogP contribution in [0.3, 0.4) is 0 Å². The van der Waals surface area contributed by atoms with Crippen molar-refractivity contribution in [3.05, 3.63) is 78.5 Å². The third kappa shape index (κ3) is 4.42. The number of sulfonamides is 1. The molecule has 4 aromatic rings. The van der Waals surface area contributed by atoms with Crippen molar-refractivity contribution in [1.82, 2.24) is 4.37 Å². The van der Waals surface area contributed by atoms with Crippen LogP contribution < -0.4 is 14.4 Å². The van der Waals surface area contributed by atoms with Gasteiger partial charge in [-0.05, 0) is 78.5 Å². The van der Waals surface area contributed by atoms with Gasteiger partial charge in [0.15, 0.2) is 6.61 Å². The summed E-state index contributed by atoms with van der Waals surface area (Å²) in [5.41, 5.74) is 2.43. The predicted molar refractivity (Wildman–Crippen MR) is 129 cm³/mol. The van der Waals surface area contributed by atoms with E-state index >= 15 is 0 Å². The summed E-state index contributed by atoms with van der Waals surface area (Å²) in [6, 6.07) is 19.3. The molecule has 9 heteroatoms. The van der Waals surface area contributed by atoms with Gasteiger partial charge in [-0.3, -0.25) is 9.10 Å². The number of anilines is 2. The quantitative estimate of drug-likeness (QED) is 0.441. The number of nitrogens with one attached hydrogen (secondary N) is 1. The highest BCUT2D eigenvalue weighted by molar-refractivity contribution is 7.92. The van der Waals surface area contributed by atoms with Gasteiger partial charge in [0.1, 0.15) is 5.75 Å². The minimum atomic E-state index is -3.68. The Kier molecular flexibility index (Phi) is 5.74. The maximum Gasteiger partial charge on any atom is 0.264 e. The molecule has 0 atom stereocenters. The fourth-order valence-electron chi connectivity index (χ4n) is 3.88. The summed E-state index contributed by atoms with van der Waals surface area (Å²) in [5, 5.41) is 3.76. The molecular formula is C24H21N3O4S2. The van der Waals surface area contributed by atoms with E-state index in [0.717, 1.165) is 34.2 Å².